The predicted molar refractivity (Wildman–Crippen MR) is 117 cm³/mol. The van der Waals surface area contributed by atoms with Crippen LogP contribution in [-0.4, -0.2) is 51.7 Å². The number of halogens is 1. The van der Waals surface area contributed by atoms with Crippen molar-refractivity contribution < 1.29 is 9.90 Å². The van der Waals surface area contributed by atoms with Crippen molar-refractivity contribution in [1.82, 2.24) is 9.21 Å². The number of aliphatic hydroxyl groups excluding tert-OH is 1. The molecule has 2 aliphatic rings. The third-order valence-corrected chi connectivity index (χ3v) is 7.50. The van der Waals surface area contributed by atoms with Gasteiger partial charge in [-0.25, -0.2) is 0 Å². The lowest BCUT2D eigenvalue weighted by Crippen LogP contribution is -2.54. The Morgan fingerprint density at radius 1 is 1.32 bits per heavy atom. The fraction of sp³-hybridized carbons (Fsp3) is 0.682. The Kier molecular flexibility index (Phi) is 7.71. The fourth-order valence-corrected chi connectivity index (χ4v) is 5.68. The molecule has 0 aromatic heterocycles. The molecule has 1 N–H and O–H groups in total. The molecule has 0 bridgehead atoms. The molecule has 3 rings (SSSR count). The molecule has 4 atom stereocenters. The van der Waals surface area contributed by atoms with E-state index >= 15 is 0 Å². The Balaban J connectivity index is 1.87. The zero-order valence-electron chi connectivity index (χ0n) is 17.2. The third-order valence-electron chi connectivity index (χ3n) is 5.97. The highest BCUT2D eigenvalue weighted by atomic mass is 35.5. The number of carbonyl (C=O) groups excluding carboxylic acids is 1. The van der Waals surface area contributed by atoms with E-state index in [2.05, 4.69) is 42.2 Å². The van der Waals surface area contributed by atoms with Crippen LogP contribution in [-0.2, 0) is 4.79 Å². The van der Waals surface area contributed by atoms with Crippen molar-refractivity contribution in [2.75, 3.05) is 20.2 Å². The number of amides is 1. The van der Waals surface area contributed by atoms with Crippen LogP contribution in [0, 0.1) is 11.8 Å². The van der Waals surface area contributed by atoms with Crippen LogP contribution in [0.4, 0.5) is 0 Å². The Morgan fingerprint density at radius 3 is 2.57 bits per heavy atom. The Morgan fingerprint density at radius 2 is 2.00 bits per heavy atom. The van der Waals surface area contributed by atoms with Gasteiger partial charge in [0.25, 0.3) is 0 Å². The molecule has 0 spiro atoms. The SMILES string of the molecule is CCC(CN(C)SC1CC1)N1C(=O)C(CCO)C[C@H](C)C1c1ccc(Cl)cc1. The van der Waals surface area contributed by atoms with Gasteiger partial charge in [0, 0.05) is 35.4 Å². The summed E-state index contributed by atoms with van der Waals surface area (Å²) in [5, 5.41) is 10.9. The fourth-order valence-electron chi connectivity index (χ4n) is 4.44. The molecular formula is C22H33ClN2O2S. The van der Waals surface area contributed by atoms with E-state index in [4.69, 9.17) is 11.6 Å². The van der Waals surface area contributed by atoms with Crippen molar-refractivity contribution in [3.63, 3.8) is 0 Å². The molecule has 1 aromatic carbocycles. The first kappa shape index (κ1) is 21.9. The minimum Gasteiger partial charge on any atom is -0.396 e. The first-order chi connectivity index (χ1) is 13.4. The summed E-state index contributed by atoms with van der Waals surface area (Å²) in [5.41, 5.74) is 1.16. The van der Waals surface area contributed by atoms with Gasteiger partial charge in [0.2, 0.25) is 5.91 Å². The summed E-state index contributed by atoms with van der Waals surface area (Å²) in [7, 11) is 2.14. The number of hydrogen-bond donors (Lipinski definition) is 1. The zero-order chi connectivity index (χ0) is 20.3. The molecule has 28 heavy (non-hydrogen) atoms. The smallest absolute Gasteiger partial charge is 0.226 e. The number of piperidine rings is 1. The third kappa shape index (κ3) is 5.24. The van der Waals surface area contributed by atoms with Crippen LogP contribution in [0.5, 0.6) is 0 Å². The Labute approximate surface area is 178 Å². The van der Waals surface area contributed by atoms with Gasteiger partial charge in [-0.15, -0.1) is 0 Å². The largest absolute Gasteiger partial charge is 0.396 e. The standard InChI is InChI=1S/C22H33ClN2O2S/c1-4-19(14-24(3)28-20-9-10-20)25-21(16-5-7-18(23)8-6-16)15(2)13-17(11-12-26)22(25)27/h5-8,15,17,19-21,26H,4,9-14H2,1-3H3/t15-,17?,19?,21?/m0/s1. The summed E-state index contributed by atoms with van der Waals surface area (Å²) in [5.74, 6) is 0.452. The average molecular weight is 425 g/mol. The van der Waals surface area contributed by atoms with Gasteiger partial charge < -0.3 is 10.0 Å². The summed E-state index contributed by atoms with van der Waals surface area (Å²) in [6.45, 7) is 5.34. The molecule has 1 aliphatic carbocycles. The molecule has 1 saturated heterocycles. The molecule has 1 saturated carbocycles. The van der Waals surface area contributed by atoms with Crippen LogP contribution < -0.4 is 0 Å². The second kappa shape index (κ2) is 9.84. The van der Waals surface area contributed by atoms with E-state index < -0.39 is 0 Å². The normalized spacial score (nSPS) is 26.7. The van der Waals surface area contributed by atoms with E-state index in [-0.39, 0.29) is 30.5 Å². The Bertz CT molecular complexity index is 652. The van der Waals surface area contributed by atoms with Gasteiger partial charge in [-0.2, -0.15) is 0 Å². The summed E-state index contributed by atoms with van der Waals surface area (Å²) < 4.78 is 2.32. The van der Waals surface area contributed by atoms with Crippen LogP contribution in [0.3, 0.4) is 0 Å². The lowest BCUT2D eigenvalue weighted by Gasteiger charge is -2.48. The van der Waals surface area contributed by atoms with Gasteiger partial charge in [0.05, 0.1) is 6.04 Å². The maximum atomic E-state index is 13.5. The lowest BCUT2D eigenvalue weighted by molar-refractivity contribution is -0.149. The predicted octanol–water partition coefficient (Wildman–Crippen LogP) is 4.77. The molecule has 0 radical (unpaired) electrons. The summed E-state index contributed by atoms with van der Waals surface area (Å²) >= 11 is 8.03. The maximum absolute atomic E-state index is 13.5. The highest BCUT2D eigenvalue weighted by Gasteiger charge is 2.43. The summed E-state index contributed by atoms with van der Waals surface area (Å²) in [6, 6.07) is 8.18. The number of likely N-dealkylation sites (tertiary alicyclic amines) is 1. The van der Waals surface area contributed by atoms with Crippen molar-refractivity contribution in [3.8, 4) is 0 Å². The lowest BCUT2D eigenvalue weighted by atomic mass is 9.78. The quantitative estimate of drug-likeness (QED) is 0.580. The second-order valence-corrected chi connectivity index (χ2v) is 10.3. The molecule has 4 nitrogen and oxygen atoms in total. The number of rotatable bonds is 9. The highest BCUT2D eigenvalue weighted by Crippen LogP contribution is 2.42. The van der Waals surface area contributed by atoms with Crippen LogP contribution >= 0.6 is 23.5 Å². The number of likely N-dealkylation sites (N-methyl/N-ethyl adjacent to an activating group) is 1. The second-order valence-electron chi connectivity index (χ2n) is 8.34. The zero-order valence-corrected chi connectivity index (χ0v) is 18.8. The molecule has 2 fully saturated rings. The van der Waals surface area contributed by atoms with E-state index in [9.17, 15) is 9.90 Å². The number of hydrogen-bond acceptors (Lipinski definition) is 4. The average Bonchev–Trinajstić information content (AvgIpc) is 3.47. The van der Waals surface area contributed by atoms with E-state index in [0.29, 0.717) is 12.3 Å². The first-order valence-electron chi connectivity index (χ1n) is 10.5. The molecule has 1 amide bonds. The van der Waals surface area contributed by atoms with Crippen LogP contribution in [0.2, 0.25) is 5.02 Å². The number of carbonyl (C=O) groups is 1. The molecule has 156 valence electrons. The molecule has 1 aliphatic heterocycles. The minimum atomic E-state index is -0.0843. The Hall–Kier alpha value is -0.750. The summed E-state index contributed by atoms with van der Waals surface area (Å²) in [6.07, 6.45) is 4.90. The van der Waals surface area contributed by atoms with Gasteiger partial charge >= 0.3 is 0 Å². The van der Waals surface area contributed by atoms with Gasteiger partial charge in [-0.3, -0.25) is 9.10 Å². The first-order valence-corrected chi connectivity index (χ1v) is 11.7. The molecule has 1 aromatic rings. The molecular weight excluding hydrogens is 392 g/mol. The van der Waals surface area contributed by atoms with Crippen LogP contribution in [0.1, 0.15) is 57.6 Å². The van der Waals surface area contributed by atoms with Crippen molar-refractivity contribution in [3.05, 3.63) is 34.9 Å². The van der Waals surface area contributed by atoms with E-state index in [1.807, 2.05) is 24.1 Å². The minimum absolute atomic E-state index is 0.0592. The monoisotopic (exact) mass is 424 g/mol. The number of nitrogens with zero attached hydrogens (tertiary/aromatic N) is 2. The van der Waals surface area contributed by atoms with Gasteiger partial charge in [0.15, 0.2) is 0 Å². The van der Waals surface area contributed by atoms with Crippen molar-refractivity contribution >= 4 is 29.5 Å². The van der Waals surface area contributed by atoms with E-state index in [1.54, 1.807) is 0 Å². The van der Waals surface area contributed by atoms with Gasteiger partial charge in [-0.1, -0.05) is 49.5 Å². The molecule has 1 heterocycles. The van der Waals surface area contributed by atoms with Gasteiger partial charge in [0.1, 0.15) is 0 Å². The van der Waals surface area contributed by atoms with Crippen LogP contribution in [0.15, 0.2) is 24.3 Å². The molecule has 6 heteroatoms. The number of aliphatic hydroxyl groups is 1. The van der Waals surface area contributed by atoms with E-state index in [0.717, 1.165) is 35.2 Å². The van der Waals surface area contributed by atoms with Crippen molar-refractivity contribution in [2.45, 2.75) is 63.3 Å². The highest BCUT2D eigenvalue weighted by molar-refractivity contribution is 7.97. The van der Waals surface area contributed by atoms with E-state index in [1.165, 1.54) is 12.8 Å². The maximum Gasteiger partial charge on any atom is 0.226 e. The van der Waals surface area contributed by atoms with Crippen molar-refractivity contribution in [2.24, 2.45) is 11.8 Å². The van der Waals surface area contributed by atoms with Crippen molar-refractivity contribution in [1.29, 1.82) is 0 Å². The molecule has 3 unspecified atom stereocenters. The topological polar surface area (TPSA) is 43.8 Å². The summed E-state index contributed by atoms with van der Waals surface area (Å²) in [4.78, 5) is 15.6. The van der Waals surface area contributed by atoms with Gasteiger partial charge in [-0.05, 0) is 62.8 Å². The number of benzene rings is 1. The van der Waals surface area contributed by atoms with Crippen LogP contribution in [0.25, 0.3) is 0 Å².